The molecule has 0 bridgehead atoms. The molecule has 2 rings (SSSR count). The maximum Gasteiger partial charge on any atom is 0.257 e. The molecule has 0 saturated carbocycles. The second-order valence-corrected chi connectivity index (χ2v) is 3.74. The second kappa shape index (κ2) is 3.17. The Morgan fingerprint density at radius 3 is 2.62 bits per heavy atom. The van der Waals surface area contributed by atoms with Crippen LogP contribution in [0, 0.1) is 17.7 Å². The first kappa shape index (κ1) is 8.80. The predicted octanol–water partition coefficient (Wildman–Crippen LogP) is 3.16. The minimum atomic E-state index is 0.644. The standard InChI is InChI=1S/C9H8INO2/c1-5-3-7(6(2)13-5)8-4-12-9(10)11-8/h3-4H,1-2H3. The topological polar surface area (TPSA) is 39.2 Å². The van der Waals surface area contributed by atoms with Crippen LogP contribution in [0.3, 0.4) is 0 Å². The molecule has 0 N–H and O–H groups in total. The zero-order valence-corrected chi connectivity index (χ0v) is 9.45. The molecule has 0 aromatic carbocycles. The third-order valence-corrected chi connectivity index (χ3v) is 2.29. The number of hydrogen-bond donors (Lipinski definition) is 0. The normalized spacial score (nSPS) is 10.7. The molecular weight excluding hydrogens is 281 g/mol. The fourth-order valence-electron chi connectivity index (χ4n) is 1.26. The summed E-state index contributed by atoms with van der Waals surface area (Å²) in [5.74, 6) is 1.77. The Morgan fingerprint density at radius 1 is 1.38 bits per heavy atom. The lowest BCUT2D eigenvalue weighted by Crippen LogP contribution is -1.76. The maximum absolute atomic E-state index is 5.39. The van der Waals surface area contributed by atoms with Gasteiger partial charge in [0.1, 0.15) is 23.5 Å². The summed E-state index contributed by atoms with van der Waals surface area (Å²) in [7, 11) is 0. The van der Waals surface area contributed by atoms with Crippen LogP contribution in [0.2, 0.25) is 0 Å². The third kappa shape index (κ3) is 1.63. The highest BCUT2D eigenvalue weighted by Gasteiger charge is 2.10. The molecule has 0 aliphatic rings. The number of halogens is 1. The van der Waals surface area contributed by atoms with Gasteiger partial charge in [0.15, 0.2) is 0 Å². The summed E-state index contributed by atoms with van der Waals surface area (Å²) in [6, 6.07) is 1.96. The molecule has 0 radical (unpaired) electrons. The molecule has 0 fully saturated rings. The summed E-state index contributed by atoms with van der Waals surface area (Å²) < 4.78 is 11.2. The van der Waals surface area contributed by atoms with Crippen LogP contribution >= 0.6 is 22.6 Å². The van der Waals surface area contributed by atoms with Crippen molar-refractivity contribution in [3.8, 4) is 11.3 Å². The van der Waals surface area contributed by atoms with Gasteiger partial charge in [-0.3, -0.25) is 0 Å². The smallest absolute Gasteiger partial charge is 0.257 e. The molecule has 2 aromatic rings. The van der Waals surface area contributed by atoms with Crippen molar-refractivity contribution in [2.45, 2.75) is 13.8 Å². The van der Waals surface area contributed by atoms with Crippen LogP contribution in [0.4, 0.5) is 0 Å². The molecule has 0 aliphatic carbocycles. The molecule has 0 unspecified atom stereocenters. The van der Waals surface area contributed by atoms with Crippen LogP contribution < -0.4 is 0 Å². The SMILES string of the molecule is Cc1cc(-c2coc(I)n2)c(C)o1. The number of aryl methyl sites for hydroxylation is 2. The molecule has 0 saturated heterocycles. The number of furan rings is 1. The van der Waals surface area contributed by atoms with Crippen molar-refractivity contribution < 1.29 is 8.83 Å². The van der Waals surface area contributed by atoms with E-state index >= 15 is 0 Å². The van der Waals surface area contributed by atoms with Gasteiger partial charge in [0, 0.05) is 28.2 Å². The number of hydrogen-bond acceptors (Lipinski definition) is 3. The summed E-state index contributed by atoms with van der Waals surface area (Å²) in [6.45, 7) is 3.84. The van der Waals surface area contributed by atoms with E-state index in [-0.39, 0.29) is 0 Å². The van der Waals surface area contributed by atoms with E-state index in [4.69, 9.17) is 8.83 Å². The summed E-state index contributed by atoms with van der Waals surface area (Å²) in [5.41, 5.74) is 1.84. The summed E-state index contributed by atoms with van der Waals surface area (Å²) in [6.07, 6.45) is 1.64. The Bertz CT molecular complexity index is 431. The zero-order chi connectivity index (χ0) is 9.42. The molecule has 0 atom stereocenters. The molecule has 0 aliphatic heterocycles. The van der Waals surface area contributed by atoms with Gasteiger partial charge in [-0.25, -0.2) is 4.98 Å². The molecule has 2 aromatic heterocycles. The average molecular weight is 289 g/mol. The minimum absolute atomic E-state index is 0.644. The Kier molecular flexibility index (Phi) is 2.15. The first-order chi connectivity index (χ1) is 6.16. The molecular formula is C9H8INO2. The van der Waals surface area contributed by atoms with Crippen molar-refractivity contribution in [1.29, 1.82) is 0 Å². The van der Waals surface area contributed by atoms with Crippen molar-refractivity contribution >= 4 is 22.6 Å². The molecule has 3 nitrogen and oxygen atoms in total. The first-order valence-corrected chi connectivity index (χ1v) is 4.93. The molecule has 68 valence electrons. The monoisotopic (exact) mass is 289 g/mol. The number of nitrogens with zero attached hydrogens (tertiary/aromatic N) is 1. The Balaban J connectivity index is 2.51. The lowest BCUT2D eigenvalue weighted by atomic mass is 10.2. The fraction of sp³-hybridized carbons (Fsp3) is 0.222. The van der Waals surface area contributed by atoms with Gasteiger partial charge in [0.2, 0.25) is 0 Å². The first-order valence-electron chi connectivity index (χ1n) is 3.85. The van der Waals surface area contributed by atoms with Gasteiger partial charge in [0.25, 0.3) is 3.90 Å². The van der Waals surface area contributed by atoms with E-state index in [1.807, 2.05) is 42.5 Å². The van der Waals surface area contributed by atoms with E-state index in [0.29, 0.717) is 3.90 Å². The third-order valence-electron chi connectivity index (χ3n) is 1.79. The molecule has 4 heteroatoms. The number of rotatable bonds is 1. The summed E-state index contributed by atoms with van der Waals surface area (Å²) in [5, 5.41) is 0. The molecule has 13 heavy (non-hydrogen) atoms. The van der Waals surface area contributed by atoms with Gasteiger partial charge in [-0.2, -0.15) is 0 Å². The van der Waals surface area contributed by atoms with Crippen molar-refractivity contribution in [3.05, 3.63) is 27.7 Å². The lowest BCUT2D eigenvalue weighted by molar-refractivity contribution is 0.505. The fourth-order valence-corrected chi connectivity index (χ4v) is 1.65. The minimum Gasteiger partial charge on any atom is -0.466 e. The van der Waals surface area contributed by atoms with Crippen LogP contribution in [-0.2, 0) is 0 Å². The number of oxazole rings is 1. The largest absolute Gasteiger partial charge is 0.466 e. The van der Waals surface area contributed by atoms with Gasteiger partial charge in [-0.05, 0) is 19.9 Å². The maximum atomic E-state index is 5.39. The van der Waals surface area contributed by atoms with Crippen molar-refractivity contribution in [2.24, 2.45) is 0 Å². The van der Waals surface area contributed by atoms with Gasteiger partial charge in [-0.15, -0.1) is 0 Å². The van der Waals surface area contributed by atoms with E-state index in [1.54, 1.807) is 6.26 Å². The average Bonchev–Trinajstić information content (AvgIpc) is 2.58. The summed E-state index contributed by atoms with van der Waals surface area (Å²) in [4.78, 5) is 4.22. The van der Waals surface area contributed by atoms with Gasteiger partial charge >= 0.3 is 0 Å². The van der Waals surface area contributed by atoms with Crippen LogP contribution in [0.1, 0.15) is 11.5 Å². The highest BCUT2D eigenvalue weighted by atomic mass is 127. The number of aromatic nitrogens is 1. The molecule has 0 amide bonds. The molecule has 2 heterocycles. The second-order valence-electron chi connectivity index (χ2n) is 2.81. The zero-order valence-electron chi connectivity index (χ0n) is 7.30. The molecule has 0 spiro atoms. The summed E-state index contributed by atoms with van der Waals surface area (Å²) >= 11 is 2.04. The van der Waals surface area contributed by atoms with Gasteiger partial charge in [-0.1, -0.05) is 0 Å². The predicted molar refractivity (Wildman–Crippen MR) is 56.4 cm³/mol. The van der Waals surface area contributed by atoms with Gasteiger partial charge < -0.3 is 8.83 Å². The van der Waals surface area contributed by atoms with E-state index in [1.165, 1.54) is 0 Å². The van der Waals surface area contributed by atoms with E-state index < -0.39 is 0 Å². The quantitative estimate of drug-likeness (QED) is 0.757. The van der Waals surface area contributed by atoms with Crippen molar-refractivity contribution in [2.75, 3.05) is 0 Å². The van der Waals surface area contributed by atoms with Crippen molar-refractivity contribution in [1.82, 2.24) is 4.98 Å². The van der Waals surface area contributed by atoms with Crippen LogP contribution in [-0.4, -0.2) is 4.98 Å². The van der Waals surface area contributed by atoms with E-state index in [9.17, 15) is 0 Å². The lowest BCUT2D eigenvalue weighted by Gasteiger charge is -1.88. The van der Waals surface area contributed by atoms with E-state index in [0.717, 1.165) is 22.8 Å². The van der Waals surface area contributed by atoms with E-state index in [2.05, 4.69) is 4.98 Å². The Labute approximate surface area is 89.3 Å². The van der Waals surface area contributed by atoms with Crippen molar-refractivity contribution in [3.63, 3.8) is 0 Å². The highest BCUT2D eigenvalue weighted by Crippen LogP contribution is 2.25. The van der Waals surface area contributed by atoms with Crippen LogP contribution in [0.5, 0.6) is 0 Å². The Hall–Kier alpha value is -0.780. The highest BCUT2D eigenvalue weighted by molar-refractivity contribution is 14.1. The van der Waals surface area contributed by atoms with Crippen LogP contribution in [0.25, 0.3) is 11.3 Å². The Morgan fingerprint density at radius 2 is 2.15 bits per heavy atom. The van der Waals surface area contributed by atoms with Gasteiger partial charge in [0.05, 0.1) is 0 Å². The van der Waals surface area contributed by atoms with Crippen LogP contribution in [0.15, 0.2) is 21.2 Å².